The molecule has 0 spiro atoms. The van der Waals surface area contributed by atoms with Crippen molar-refractivity contribution in [2.24, 2.45) is 0 Å². The Morgan fingerprint density at radius 3 is 1.96 bits per heavy atom. The Kier molecular flexibility index (Phi) is 17.1. The van der Waals surface area contributed by atoms with Gasteiger partial charge in [0.05, 0.1) is 20.6 Å². The average Bonchev–Trinajstić information content (AvgIpc) is 3.00. The number of ether oxygens (including phenoxy) is 3. The summed E-state index contributed by atoms with van der Waals surface area (Å²) in [6.45, 7) is 4.12. The number of carbonyl (C=O) groups is 8. The van der Waals surface area contributed by atoms with Crippen LogP contribution in [0.5, 0.6) is 0 Å². The molecule has 0 heterocycles. The molecule has 0 aliphatic carbocycles. The summed E-state index contributed by atoms with van der Waals surface area (Å²) in [6.07, 6.45) is -2.17. The maximum atomic E-state index is 13.2. The zero-order chi connectivity index (χ0) is 36.4. The second-order valence-corrected chi connectivity index (χ2v) is 11.6. The maximum absolute atomic E-state index is 13.2. The summed E-state index contributed by atoms with van der Waals surface area (Å²) < 4.78 is 14.5. The van der Waals surface area contributed by atoms with Gasteiger partial charge in [0.2, 0.25) is 23.6 Å². The molecule has 0 aliphatic heterocycles. The lowest BCUT2D eigenvalue weighted by molar-refractivity contribution is -0.146. The van der Waals surface area contributed by atoms with Crippen molar-refractivity contribution < 1.29 is 57.7 Å². The van der Waals surface area contributed by atoms with Crippen LogP contribution in [0, 0.1) is 0 Å². The van der Waals surface area contributed by atoms with Crippen LogP contribution >= 0.6 is 0 Å². The molecule has 1 rings (SSSR count). The van der Waals surface area contributed by atoms with E-state index in [1.807, 2.05) is 0 Å². The number of rotatable bonds is 18. The van der Waals surface area contributed by atoms with E-state index in [0.717, 1.165) is 19.1 Å². The average molecular weight is 680 g/mol. The van der Waals surface area contributed by atoms with E-state index in [1.54, 1.807) is 51.1 Å². The van der Waals surface area contributed by atoms with Crippen LogP contribution in [-0.2, 0) is 54.2 Å². The molecule has 48 heavy (non-hydrogen) atoms. The van der Waals surface area contributed by atoms with Crippen molar-refractivity contribution in [3.05, 3.63) is 35.9 Å². The first kappa shape index (κ1) is 40.8. The molecule has 0 saturated carbocycles. The van der Waals surface area contributed by atoms with Crippen molar-refractivity contribution in [2.45, 2.75) is 76.6 Å². The lowest BCUT2D eigenvalue weighted by Crippen LogP contribution is -2.51. The van der Waals surface area contributed by atoms with Gasteiger partial charge in [-0.05, 0) is 32.8 Å². The Balaban J connectivity index is 2.88. The number of carboxylic acids is 1. The highest BCUT2D eigenvalue weighted by molar-refractivity contribution is 5.92. The third kappa shape index (κ3) is 16.4. The third-order valence-corrected chi connectivity index (χ3v) is 6.42. The number of likely N-dealkylation sites (N-methyl/N-ethyl adjacent to an activating group) is 1. The Hall–Kier alpha value is -5.22. The summed E-state index contributed by atoms with van der Waals surface area (Å²) >= 11 is 0. The Morgan fingerprint density at radius 2 is 1.40 bits per heavy atom. The molecule has 5 N–H and O–H groups in total. The monoisotopic (exact) mass is 679 g/mol. The first-order chi connectivity index (χ1) is 22.4. The molecule has 266 valence electrons. The van der Waals surface area contributed by atoms with E-state index in [1.165, 1.54) is 7.05 Å². The normalized spacial score (nSPS) is 12.6. The molecular weight excluding hydrogens is 634 g/mol. The molecule has 1 aromatic carbocycles. The van der Waals surface area contributed by atoms with Gasteiger partial charge < -0.3 is 45.5 Å². The summed E-state index contributed by atoms with van der Waals surface area (Å²) in [4.78, 5) is 99.4. The van der Waals surface area contributed by atoms with Gasteiger partial charge in [-0.15, -0.1) is 0 Å². The minimum Gasteiger partial charge on any atom is -0.480 e. The van der Waals surface area contributed by atoms with Gasteiger partial charge in [-0.2, -0.15) is 0 Å². The van der Waals surface area contributed by atoms with Crippen molar-refractivity contribution in [1.82, 2.24) is 26.2 Å². The van der Waals surface area contributed by atoms with Gasteiger partial charge in [0, 0.05) is 32.9 Å². The summed E-state index contributed by atoms with van der Waals surface area (Å²) in [6, 6.07) is 4.95. The number of alkyl carbamates (subject to hydrolysis) is 1. The number of carboxylic acid groups (broad SMARTS) is 1. The number of esters is 2. The number of nitrogens with zero attached hydrogens (tertiary/aromatic N) is 1. The van der Waals surface area contributed by atoms with E-state index in [9.17, 15) is 38.4 Å². The van der Waals surface area contributed by atoms with Crippen LogP contribution in [0.3, 0.4) is 0 Å². The van der Waals surface area contributed by atoms with Gasteiger partial charge in [-0.1, -0.05) is 30.3 Å². The molecule has 0 aliphatic rings. The zero-order valence-electron chi connectivity index (χ0n) is 28.0. The summed E-state index contributed by atoms with van der Waals surface area (Å²) in [5.74, 6) is -5.58. The second kappa shape index (κ2) is 20.1. The fraction of sp³-hybridized carbons (Fsp3) is 0.548. The minimum absolute atomic E-state index is 0.0434. The Labute approximate surface area is 278 Å². The van der Waals surface area contributed by atoms with Crippen LogP contribution in [0.2, 0.25) is 0 Å². The zero-order valence-corrected chi connectivity index (χ0v) is 28.0. The van der Waals surface area contributed by atoms with E-state index in [4.69, 9.17) is 14.6 Å². The van der Waals surface area contributed by atoms with Gasteiger partial charge in [0.15, 0.2) is 0 Å². The molecule has 0 unspecified atom stereocenters. The summed E-state index contributed by atoms with van der Waals surface area (Å²) in [7, 11) is 3.47. The number of methoxy groups -OCH3 is 2. The second-order valence-electron chi connectivity index (χ2n) is 11.6. The van der Waals surface area contributed by atoms with Gasteiger partial charge in [0.1, 0.15) is 30.3 Å². The molecule has 0 aromatic heterocycles. The molecule has 0 saturated heterocycles. The van der Waals surface area contributed by atoms with E-state index >= 15 is 0 Å². The van der Waals surface area contributed by atoms with E-state index in [2.05, 4.69) is 26.0 Å². The van der Waals surface area contributed by atoms with Crippen LogP contribution in [-0.4, -0.2) is 116 Å². The highest BCUT2D eigenvalue weighted by Crippen LogP contribution is 2.09. The molecule has 0 bridgehead atoms. The summed E-state index contributed by atoms with van der Waals surface area (Å²) in [5.41, 5.74) is -0.181. The molecule has 17 heteroatoms. The topological polar surface area (TPSA) is 236 Å². The quantitative estimate of drug-likeness (QED) is 0.0990. The molecule has 1 aromatic rings. The largest absolute Gasteiger partial charge is 0.480 e. The van der Waals surface area contributed by atoms with Crippen molar-refractivity contribution >= 4 is 47.6 Å². The van der Waals surface area contributed by atoms with E-state index in [0.29, 0.717) is 5.56 Å². The first-order valence-electron chi connectivity index (χ1n) is 15.0. The highest BCUT2D eigenvalue weighted by Gasteiger charge is 2.30. The van der Waals surface area contributed by atoms with Gasteiger partial charge in [-0.3, -0.25) is 24.0 Å². The van der Waals surface area contributed by atoms with Gasteiger partial charge in [0.25, 0.3) is 0 Å². The molecule has 3 atom stereocenters. The van der Waals surface area contributed by atoms with Crippen molar-refractivity contribution in [3.8, 4) is 0 Å². The lowest BCUT2D eigenvalue weighted by atomic mass is 10.0. The van der Waals surface area contributed by atoms with E-state index in [-0.39, 0.29) is 32.2 Å². The standard InChI is InChI=1S/C31H45N5O12/c1-31(2,3)48-30(45)35-22(29(44)47-6)17-24(38)34-21(16-19-10-8-7-9-11-19)27(42)32-15-14-23(37)33-20(28(43)46-5)12-13-25(39)36(4)18-26(40)41/h7-11,20-22H,12-18H2,1-6H3,(H,32,42)(H,33,37)(H,34,38)(H,35,45)(H,40,41)/t20-,21+,22-/m1/s1. The Bertz CT molecular complexity index is 1300. The molecule has 5 amide bonds. The van der Waals surface area contributed by atoms with Crippen LogP contribution < -0.4 is 21.3 Å². The number of hydrogen-bond acceptors (Lipinski definition) is 11. The molecule has 17 nitrogen and oxygen atoms in total. The molecule has 0 radical (unpaired) electrons. The molecular formula is C31H45N5O12. The van der Waals surface area contributed by atoms with Crippen LogP contribution in [0.25, 0.3) is 0 Å². The molecule has 0 fully saturated rings. The number of amides is 5. The van der Waals surface area contributed by atoms with Crippen LogP contribution in [0.15, 0.2) is 30.3 Å². The highest BCUT2D eigenvalue weighted by atomic mass is 16.6. The third-order valence-electron chi connectivity index (χ3n) is 6.42. The first-order valence-corrected chi connectivity index (χ1v) is 15.0. The van der Waals surface area contributed by atoms with Gasteiger partial charge >= 0.3 is 24.0 Å². The van der Waals surface area contributed by atoms with Crippen molar-refractivity contribution in [1.29, 1.82) is 0 Å². The summed E-state index contributed by atoms with van der Waals surface area (Å²) in [5, 5.41) is 18.7. The number of nitrogens with one attached hydrogen (secondary N) is 4. The van der Waals surface area contributed by atoms with Crippen LogP contribution in [0.1, 0.15) is 52.0 Å². The Morgan fingerprint density at radius 1 is 0.812 bits per heavy atom. The number of hydrogen-bond donors (Lipinski definition) is 5. The van der Waals surface area contributed by atoms with Crippen molar-refractivity contribution in [3.63, 3.8) is 0 Å². The predicted molar refractivity (Wildman–Crippen MR) is 168 cm³/mol. The number of benzene rings is 1. The number of aliphatic carboxylic acids is 1. The smallest absolute Gasteiger partial charge is 0.408 e. The SMILES string of the molecule is COC(=O)[C@@H](CCC(=O)N(C)CC(=O)O)NC(=O)CCNC(=O)[C@H](Cc1ccccc1)NC(=O)C[C@@H](NC(=O)OC(C)(C)C)C(=O)OC. The maximum Gasteiger partial charge on any atom is 0.408 e. The predicted octanol–water partition coefficient (Wildman–Crippen LogP) is -0.342. The number of carbonyl (C=O) groups excluding carboxylic acids is 7. The van der Waals surface area contributed by atoms with Crippen LogP contribution in [0.4, 0.5) is 4.79 Å². The van der Waals surface area contributed by atoms with Gasteiger partial charge in [-0.25, -0.2) is 14.4 Å². The van der Waals surface area contributed by atoms with E-state index < -0.39 is 84.3 Å². The van der Waals surface area contributed by atoms with Crippen molar-refractivity contribution in [2.75, 3.05) is 34.4 Å². The fourth-order valence-corrected chi connectivity index (χ4v) is 4.11. The minimum atomic E-state index is -1.41. The lowest BCUT2D eigenvalue weighted by Gasteiger charge is -2.23. The fourth-order valence-electron chi connectivity index (χ4n) is 4.11.